The lowest BCUT2D eigenvalue weighted by Crippen LogP contribution is -2.54. The van der Waals surface area contributed by atoms with Gasteiger partial charge in [0.25, 0.3) is 0 Å². The van der Waals surface area contributed by atoms with Crippen molar-refractivity contribution < 1.29 is 0 Å². The highest BCUT2D eigenvalue weighted by Crippen LogP contribution is 2.33. The van der Waals surface area contributed by atoms with E-state index in [-0.39, 0.29) is 5.54 Å². The molecular weight excluding hydrogens is 226 g/mol. The third-order valence-corrected chi connectivity index (χ3v) is 4.35. The summed E-state index contributed by atoms with van der Waals surface area (Å²) in [7, 11) is 1.95. The molecule has 1 heterocycles. The first-order valence-corrected chi connectivity index (χ1v) is 7.00. The Morgan fingerprint density at radius 1 is 1.39 bits per heavy atom. The molecule has 1 aromatic rings. The molecular formula is C13H25N5. The minimum atomic E-state index is 0.180. The number of nitrogens with zero attached hydrogens (tertiary/aromatic N) is 4. The lowest BCUT2D eigenvalue weighted by molar-refractivity contribution is 0.0514. The second-order valence-corrected chi connectivity index (χ2v) is 5.30. The highest BCUT2D eigenvalue weighted by molar-refractivity contribution is 4.96. The predicted molar refractivity (Wildman–Crippen MR) is 72.0 cm³/mol. The van der Waals surface area contributed by atoms with Crippen LogP contribution in [0.25, 0.3) is 0 Å². The van der Waals surface area contributed by atoms with Gasteiger partial charge < -0.3 is 5.73 Å². The van der Waals surface area contributed by atoms with Crippen LogP contribution in [0.1, 0.15) is 44.9 Å². The van der Waals surface area contributed by atoms with Crippen LogP contribution in [-0.2, 0) is 13.6 Å². The van der Waals surface area contributed by atoms with E-state index in [9.17, 15) is 0 Å². The molecule has 1 aromatic heterocycles. The molecule has 0 aromatic carbocycles. The molecule has 1 aliphatic rings. The van der Waals surface area contributed by atoms with Gasteiger partial charge >= 0.3 is 0 Å². The molecule has 0 unspecified atom stereocenters. The van der Waals surface area contributed by atoms with Crippen LogP contribution in [-0.4, -0.2) is 38.3 Å². The molecule has 0 spiro atoms. The van der Waals surface area contributed by atoms with Gasteiger partial charge in [-0.3, -0.25) is 9.58 Å². The van der Waals surface area contributed by atoms with Gasteiger partial charge in [0.15, 0.2) is 0 Å². The summed E-state index contributed by atoms with van der Waals surface area (Å²) < 4.78 is 1.86. The van der Waals surface area contributed by atoms with E-state index < -0.39 is 0 Å². The van der Waals surface area contributed by atoms with Crippen molar-refractivity contribution in [2.45, 2.75) is 51.1 Å². The number of aryl methyl sites for hydroxylation is 1. The fraction of sp³-hybridized carbons (Fsp3) is 0.846. The standard InChI is InChI=1S/C13H25N5/c1-3-18(9-12-15-11-16-17(12)2)13(10-14)7-5-4-6-8-13/h11H,3-10,14H2,1-2H3. The molecule has 2 rings (SSSR count). The van der Waals surface area contributed by atoms with E-state index in [0.29, 0.717) is 0 Å². The highest BCUT2D eigenvalue weighted by atomic mass is 15.3. The van der Waals surface area contributed by atoms with Crippen molar-refractivity contribution in [1.82, 2.24) is 19.7 Å². The maximum absolute atomic E-state index is 6.10. The second-order valence-electron chi connectivity index (χ2n) is 5.30. The molecule has 0 bridgehead atoms. The first-order chi connectivity index (χ1) is 8.72. The monoisotopic (exact) mass is 251 g/mol. The van der Waals surface area contributed by atoms with Crippen molar-refractivity contribution in [3.8, 4) is 0 Å². The predicted octanol–water partition coefficient (Wildman–Crippen LogP) is 1.30. The summed E-state index contributed by atoms with van der Waals surface area (Å²) in [4.78, 5) is 6.83. The van der Waals surface area contributed by atoms with Crippen molar-refractivity contribution in [2.75, 3.05) is 13.1 Å². The lowest BCUT2D eigenvalue weighted by atomic mass is 9.80. The van der Waals surface area contributed by atoms with Gasteiger partial charge in [0.1, 0.15) is 12.2 Å². The van der Waals surface area contributed by atoms with Gasteiger partial charge in [0.05, 0.1) is 6.54 Å². The minimum Gasteiger partial charge on any atom is -0.329 e. The van der Waals surface area contributed by atoms with E-state index in [1.165, 1.54) is 32.1 Å². The third-order valence-electron chi connectivity index (χ3n) is 4.35. The number of aromatic nitrogens is 3. The SMILES string of the molecule is CCN(Cc1ncnn1C)C1(CN)CCCCC1. The largest absolute Gasteiger partial charge is 0.329 e. The van der Waals surface area contributed by atoms with Crippen LogP contribution in [0, 0.1) is 0 Å². The molecule has 0 amide bonds. The molecule has 1 aliphatic carbocycles. The molecule has 102 valence electrons. The van der Waals surface area contributed by atoms with Crippen LogP contribution in [0.4, 0.5) is 0 Å². The summed E-state index contributed by atoms with van der Waals surface area (Å²) in [5, 5.41) is 4.15. The topological polar surface area (TPSA) is 60.0 Å². The second kappa shape index (κ2) is 5.80. The zero-order chi connectivity index (χ0) is 13.0. The highest BCUT2D eigenvalue weighted by Gasteiger charge is 2.36. The van der Waals surface area contributed by atoms with Crippen LogP contribution in [0.5, 0.6) is 0 Å². The van der Waals surface area contributed by atoms with Crippen LogP contribution in [0.2, 0.25) is 0 Å². The van der Waals surface area contributed by atoms with Gasteiger partial charge in [-0.25, -0.2) is 4.98 Å². The quantitative estimate of drug-likeness (QED) is 0.857. The van der Waals surface area contributed by atoms with E-state index in [1.807, 2.05) is 11.7 Å². The molecule has 5 heteroatoms. The van der Waals surface area contributed by atoms with Crippen LogP contribution < -0.4 is 5.73 Å². The van der Waals surface area contributed by atoms with E-state index in [1.54, 1.807) is 6.33 Å². The van der Waals surface area contributed by atoms with Crippen LogP contribution in [0.15, 0.2) is 6.33 Å². The van der Waals surface area contributed by atoms with Gasteiger partial charge in [-0.1, -0.05) is 26.2 Å². The van der Waals surface area contributed by atoms with E-state index in [2.05, 4.69) is 21.9 Å². The average Bonchev–Trinajstić information content (AvgIpc) is 2.82. The minimum absolute atomic E-state index is 0.180. The molecule has 2 N–H and O–H groups in total. The van der Waals surface area contributed by atoms with Crippen molar-refractivity contribution in [3.63, 3.8) is 0 Å². The Labute approximate surface area is 109 Å². The maximum atomic E-state index is 6.10. The molecule has 5 nitrogen and oxygen atoms in total. The smallest absolute Gasteiger partial charge is 0.140 e. The Kier molecular flexibility index (Phi) is 4.35. The summed E-state index contributed by atoms with van der Waals surface area (Å²) in [5.74, 6) is 1.02. The molecule has 1 fully saturated rings. The molecule has 0 saturated heterocycles. The average molecular weight is 251 g/mol. The number of hydrogen-bond acceptors (Lipinski definition) is 4. The van der Waals surface area contributed by atoms with Crippen molar-refractivity contribution in [1.29, 1.82) is 0 Å². The lowest BCUT2D eigenvalue weighted by Gasteiger charge is -2.45. The summed E-state index contributed by atoms with van der Waals surface area (Å²) in [5.41, 5.74) is 6.28. The van der Waals surface area contributed by atoms with Gasteiger partial charge in [0, 0.05) is 19.1 Å². The fourth-order valence-electron chi connectivity index (χ4n) is 3.11. The molecule has 0 aliphatic heterocycles. The molecule has 0 atom stereocenters. The Bertz CT molecular complexity index is 367. The maximum Gasteiger partial charge on any atom is 0.140 e. The number of rotatable bonds is 5. The Morgan fingerprint density at radius 3 is 2.61 bits per heavy atom. The van der Waals surface area contributed by atoms with Gasteiger partial charge in [0.2, 0.25) is 0 Å². The zero-order valence-corrected chi connectivity index (χ0v) is 11.6. The zero-order valence-electron chi connectivity index (χ0n) is 11.6. The summed E-state index contributed by atoms with van der Waals surface area (Å²) in [6.45, 7) is 4.83. The number of hydrogen-bond donors (Lipinski definition) is 1. The Balaban J connectivity index is 2.13. The summed E-state index contributed by atoms with van der Waals surface area (Å²) in [6, 6.07) is 0. The molecule has 18 heavy (non-hydrogen) atoms. The number of nitrogens with two attached hydrogens (primary N) is 1. The van der Waals surface area contributed by atoms with Gasteiger partial charge in [-0.2, -0.15) is 5.10 Å². The summed E-state index contributed by atoms with van der Waals surface area (Å²) >= 11 is 0. The van der Waals surface area contributed by atoms with Crippen LogP contribution >= 0.6 is 0 Å². The van der Waals surface area contributed by atoms with Crippen molar-refractivity contribution >= 4 is 0 Å². The normalized spacial score (nSPS) is 19.3. The Morgan fingerprint density at radius 2 is 2.11 bits per heavy atom. The van der Waals surface area contributed by atoms with Crippen LogP contribution in [0.3, 0.4) is 0 Å². The van der Waals surface area contributed by atoms with E-state index in [4.69, 9.17) is 5.73 Å². The third kappa shape index (κ3) is 2.57. The van der Waals surface area contributed by atoms with Gasteiger partial charge in [-0.05, 0) is 19.4 Å². The van der Waals surface area contributed by atoms with E-state index >= 15 is 0 Å². The first kappa shape index (κ1) is 13.5. The molecule has 1 saturated carbocycles. The first-order valence-electron chi connectivity index (χ1n) is 7.00. The number of likely N-dealkylation sites (N-methyl/N-ethyl adjacent to an activating group) is 1. The van der Waals surface area contributed by atoms with E-state index in [0.717, 1.165) is 25.5 Å². The van der Waals surface area contributed by atoms with Crippen molar-refractivity contribution in [3.05, 3.63) is 12.2 Å². The van der Waals surface area contributed by atoms with Crippen molar-refractivity contribution in [2.24, 2.45) is 12.8 Å². The molecule has 0 radical (unpaired) electrons. The fourth-order valence-corrected chi connectivity index (χ4v) is 3.11. The Hall–Kier alpha value is -0.940. The van der Waals surface area contributed by atoms with Gasteiger partial charge in [-0.15, -0.1) is 0 Å². The summed E-state index contributed by atoms with van der Waals surface area (Å²) in [6.07, 6.45) is 8.01.